The first kappa shape index (κ1) is 25.5. The maximum absolute atomic E-state index is 13.7. The summed E-state index contributed by atoms with van der Waals surface area (Å²) in [6.07, 6.45) is 3.43. The Morgan fingerprint density at radius 2 is 1.61 bits per heavy atom. The minimum atomic E-state index is -1.05. The molecular formula is C30H34N2O4. The molecule has 0 spiro atoms. The van der Waals surface area contributed by atoms with Crippen molar-refractivity contribution in [2.75, 3.05) is 19.7 Å². The maximum atomic E-state index is 13.7. The van der Waals surface area contributed by atoms with Gasteiger partial charge in [-0.2, -0.15) is 0 Å². The molecule has 0 bridgehead atoms. The summed E-state index contributed by atoms with van der Waals surface area (Å²) in [5, 5.41) is 12.9. The van der Waals surface area contributed by atoms with Gasteiger partial charge in [0.05, 0.1) is 13.0 Å². The number of nitrogens with zero attached hydrogens (tertiary/aromatic N) is 1. The van der Waals surface area contributed by atoms with Crippen molar-refractivity contribution in [1.82, 2.24) is 10.2 Å². The number of aryl methyl sites for hydroxylation is 1. The second-order valence-corrected chi connectivity index (χ2v) is 9.28. The molecule has 36 heavy (non-hydrogen) atoms. The van der Waals surface area contributed by atoms with Crippen molar-refractivity contribution in [2.45, 2.75) is 45.2 Å². The zero-order valence-corrected chi connectivity index (χ0v) is 21.0. The van der Waals surface area contributed by atoms with Gasteiger partial charge < -0.3 is 15.2 Å². The number of carbonyl (C=O) groups excluding carboxylic acids is 1. The van der Waals surface area contributed by atoms with Crippen molar-refractivity contribution in [3.05, 3.63) is 101 Å². The predicted molar refractivity (Wildman–Crippen MR) is 140 cm³/mol. The summed E-state index contributed by atoms with van der Waals surface area (Å²) < 4.78 is 5.55. The second kappa shape index (κ2) is 11.4. The number of benzene rings is 3. The van der Waals surface area contributed by atoms with Crippen LogP contribution in [-0.2, 0) is 16.9 Å². The number of likely N-dealkylation sites (tertiary alicyclic amines) is 1. The van der Waals surface area contributed by atoms with Crippen LogP contribution in [0.4, 0.5) is 0 Å². The molecule has 188 valence electrons. The second-order valence-electron chi connectivity index (χ2n) is 9.28. The Morgan fingerprint density at radius 3 is 2.25 bits per heavy atom. The van der Waals surface area contributed by atoms with Gasteiger partial charge in [-0.15, -0.1) is 0 Å². The van der Waals surface area contributed by atoms with Crippen LogP contribution in [0.3, 0.4) is 0 Å². The Morgan fingerprint density at radius 1 is 0.944 bits per heavy atom. The van der Waals surface area contributed by atoms with Gasteiger partial charge in [-0.05, 0) is 55.5 Å². The molecule has 0 saturated carbocycles. The lowest BCUT2D eigenvalue weighted by atomic mass is 9.86. The number of hydrogen-bond donors (Lipinski definition) is 2. The van der Waals surface area contributed by atoms with E-state index < -0.39 is 11.6 Å². The summed E-state index contributed by atoms with van der Waals surface area (Å²) in [6.45, 7) is 5.97. The van der Waals surface area contributed by atoms with Gasteiger partial charge >= 0.3 is 5.97 Å². The van der Waals surface area contributed by atoms with Gasteiger partial charge in [0.2, 0.25) is 5.91 Å². The molecule has 1 aliphatic rings. The highest BCUT2D eigenvalue weighted by atomic mass is 16.5. The monoisotopic (exact) mass is 486 g/mol. The number of hydrogen-bond acceptors (Lipinski definition) is 4. The molecule has 4 rings (SSSR count). The van der Waals surface area contributed by atoms with Crippen LogP contribution in [0.2, 0.25) is 0 Å². The predicted octanol–water partition coefficient (Wildman–Crippen LogP) is 5.14. The van der Waals surface area contributed by atoms with Gasteiger partial charge in [-0.3, -0.25) is 9.69 Å². The van der Waals surface area contributed by atoms with Crippen LogP contribution in [0.15, 0.2) is 72.8 Å². The van der Waals surface area contributed by atoms with Gasteiger partial charge in [-0.25, -0.2) is 4.79 Å². The molecule has 1 amide bonds. The van der Waals surface area contributed by atoms with E-state index in [4.69, 9.17) is 4.74 Å². The molecule has 1 unspecified atom stereocenters. The average molecular weight is 487 g/mol. The number of ether oxygens (including phenoxy) is 1. The van der Waals surface area contributed by atoms with Crippen LogP contribution < -0.4 is 10.1 Å². The number of piperidine rings is 1. The topological polar surface area (TPSA) is 78.9 Å². The van der Waals surface area contributed by atoms with Crippen LogP contribution in [-0.4, -0.2) is 41.6 Å². The fourth-order valence-electron chi connectivity index (χ4n) is 5.02. The molecule has 1 heterocycles. The summed E-state index contributed by atoms with van der Waals surface area (Å²) in [5.74, 6) is -0.920. The first-order valence-electron chi connectivity index (χ1n) is 12.6. The highest BCUT2D eigenvalue weighted by Crippen LogP contribution is 2.36. The molecule has 3 aromatic rings. The summed E-state index contributed by atoms with van der Waals surface area (Å²) in [7, 11) is 0. The molecule has 6 heteroatoms. The highest BCUT2D eigenvalue weighted by molar-refractivity contribution is 5.91. The van der Waals surface area contributed by atoms with E-state index in [2.05, 4.69) is 53.5 Å². The molecule has 3 aromatic carbocycles. The maximum Gasteiger partial charge on any atom is 0.339 e. The van der Waals surface area contributed by atoms with Crippen LogP contribution in [0, 0.1) is 6.92 Å². The number of carbonyl (C=O) groups is 2. The lowest BCUT2D eigenvalue weighted by Crippen LogP contribution is -2.60. The Balaban J connectivity index is 1.73. The van der Waals surface area contributed by atoms with Crippen molar-refractivity contribution >= 4 is 11.9 Å². The Hall–Kier alpha value is -3.64. The molecule has 1 atom stereocenters. The fourth-order valence-corrected chi connectivity index (χ4v) is 5.02. The van der Waals surface area contributed by atoms with Gasteiger partial charge in [0, 0.05) is 13.1 Å². The van der Waals surface area contributed by atoms with Crippen molar-refractivity contribution in [1.29, 1.82) is 0 Å². The average Bonchev–Trinajstić information content (AvgIpc) is 2.89. The number of aromatic carboxylic acids is 1. The number of amides is 1. The quantitative estimate of drug-likeness (QED) is 0.438. The molecule has 0 aliphatic carbocycles. The largest absolute Gasteiger partial charge is 0.493 e. The van der Waals surface area contributed by atoms with E-state index in [1.807, 2.05) is 18.2 Å². The third kappa shape index (κ3) is 5.44. The minimum Gasteiger partial charge on any atom is -0.493 e. The SMILES string of the molecule is CCOc1cc(CC(=O)NC(c2ccccc2)(c2ccc(C)cc2)N2CCCCC2)ccc1C(=O)O. The van der Waals surface area contributed by atoms with E-state index in [1.54, 1.807) is 19.1 Å². The zero-order valence-electron chi connectivity index (χ0n) is 21.0. The van der Waals surface area contributed by atoms with E-state index in [9.17, 15) is 14.7 Å². The summed E-state index contributed by atoms with van der Waals surface area (Å²) in [5.41, 5.74) is 3.17. The molecule has 0 radical (unpaired) electrons. The standard InChI is InChI=1S/C30H34N2O4/c1-3-36-27-20-23(14-17-26(27)29(34)35)21-28(33)31-30(24-10-6-4-7-11-24,32-18-8-5-9-19-32)25-15-12-22(2)13-16-25/h4,6-7,10-17,20H,3,5,8-9,18-19,21H2,1-2H3,(H,31,33)(H,34,35). The molecule has 6 nitrogen and oxygen atoms in total. The first-order valence-corrected chi connectivity index (χ1v) is 12.6. The van der Waals surface area contributed by atoms with E-state index in [0.717, 1.165) is 42.6 Å². The summed E-state index contributed by atoms with van der Waals surface area (Å²) >= 11 is 0. The van der Waals surface area contributed by atoms with E-state index in [0.29, 0.717) is 12.2 Å². The van der Waals surface area contributed by atoms with Crippen molar-refractivity contribution in [2.24, 2.45) is 0 Å². The van der Waals surface area contributed by atoms with Gasteiger partial charge in [0.25, 0.3) is 0 Å². The van der Waals surface area contributed by atoms with Crippen LogP contribution in [0.5, 0.6) is 5.75 Å². The lowest BCUT2D eigenvalue weighted by molar-refractivity contribution is -0.124. The molecule has 1 saturated heterocycles. The zero-order chi connectivity index (χ0) is 25.5. The Bertz CT molecular complexity index is 1190. The number of nitrogens with one attached hydrogen (secondary N) is 1. The Kier molecular flexibility index (Phi) is 8.06. The number of carboxylic acids is 1. The third-order valence-corrected chi connectivity index (χ3v) is 6.75. The fraction of sp³-hybridized carbons (Fsp3) is 0.333. The number of rotatable bonds is 9. The van der Waals surface area contributed by atoms with Crippen molar-refractivity contribution < 1.29 is 19.4 Å². The molecule has 0 aromatic heterocycles. The molecule has 2 N–H and O–H groups in total. The van der Waals surface area contributed by atoms with Gasteiger partial charge in [-0.1, -0.05) is 72.6 Å². The Labute approximate surface area is 212 Å². The molecule has 1 aliphatic heterocycles. The summed E-state index contributed by atoms with van der Waals surface area (Å²) in [4.78, 5) is 27.6. The van der Waals surface area contributed by atoms with Crippen LogP contribution >= 0.6 is 0 Å². The smallest absolute Gasteiger partial charge is 0.339 e. The highest BCUT2D eigenvalue weighted by Gasteiger charge is 2.42. The lowest BCUT2D eigenvalue weighted by Gasteiger charge is -2.47. The van der Waals surface area contributed by atoms with E-state index >= 15 is 0 Å². The van der Waals surface area contributed by atoms with Crippen molar-refractivity contribution in [3.8, 4) is 5.75 Å². The minimum absolute atomic E-state index is 0.0904. The number of carboxylic acid groups (broad SMARTS) is 1. The van der Waals surface area contributed by atoms with E-state index in [1.165, 1.54) is 12.5 Å². The van der Waals surface area contributed by atoms with Crippen molar-refractivity contribution in [3.63, 3.8) is 0 Å². The summed E-state index contributed by atoms with van der Waals surface area (Å²) in [6, 6.07) is 23.4. The van der Waals surface area contributed by atoms with Crippen LogP contribution in [0.1, 0.15) is 58.8 Å². The normalized spacial score (nSPS) is 15.6. The molecular weight excluding hydrogens is 452 g/mol. The van der Waals surface area contributed by atoms with Gasteiger partial charge in [0.15, 0.2) is 0 Å². The third-order valence-electron chi connectivity index (χ3n) is 6.75. The molecule has 1 fully saturated rings. The van der Waals surface area contributed by atoms with Crippen LogP contribution in [0.25, 0.3) is 0 Å². The van der Waals surface area contributed by atoms with Gasteiger partial charge in [0.1, 0.15) is 17.0 Å². The first-order chi connectivity index (χ1) is 17.4. The van der Waals surface area contributed by atoms with E-state index in [-0.39, 0.29) is 23.6 Å².